The molecular weight excluding hydrogens is 226 g/mol. The zero-order valence-electron chi connectivity index (χ0n) is 12.0. The second-order valence-electron chi connectivity index (χ2n) is 4.47. The number of nitrogens with zero attached hydrogens (tertiary/aromatic N) is 2. The molecule has 0 aliphatic heterocycles. The Morgan fingerprint density at radius 1 is 1.33 bits per heavy atom. The number of nitrogens with one attached hydrogen (secondary N) is 1. The molecule has 1 amide bonds. The third-order valence-electron chi connectivity index (χ3n) is 2.69. The zero-order chi connectivity index (χ0) is 14.0. The fraction of sp³-hybridized carbons (Fsp3) is 0.714. The molecular formula is C14H25N3O. The van der Waals surface area contributed by atoms with Crippen molar-refractivity contribution in [1.82, 2.24) is 10.2 Å². The van der Waals surface area contributed by atoms with E-state index in [4.69, 9.17) is 5.26 Å². The molecule has 0 saturated carbocycles. The second-order valence-corrected chi connectivity index (χ2v) is 4.47. The molecule has 0 rings (SSSR count). The van der Waals surface area contributed by atoms with Crippen LogP contribution in [0.5, 0.6) is 0 Å². The average Bonchev–Trinajstić information content (AvgIpc) is 2.35. The van der Waals surface area contributed by atoms with Gasteiger partial charge in [-0.25, -0.2) is 0 Å². The lowest BCUT2D eigenvalue weighted by Crippen LogP contribution is -2.33. The standard InChI is InChI=1S/C14H25N3O/c1-5-8-17(9-6-2)11-13(10-15)14(18)16-12(4)7-3/h11-12H,5-9H2,1-4H3,(H,16,18)/b13-11-. The molecule has 0 aromatic heterocycles. The summed E-state index contributed by atoms with van der Waals surface area (Å²) < 4.78 is 0. The van der Waals surface area contributed by atoms with Gasteiger partial charge in [0, 0.05) is 25.3 Å². The van der Waals surface area contributed by atoms with Crippen molar-refractivity contribution in [3.63, 3.8) is 0 Å². The maximum absolute atomic E-state index is 11.9. The molecule has 0 aliphatic carbocycles. The zero-order valence-corrected chi connectivity index (χ0v) is 12.0. The number of carbonyl (C=O) groups excluding carboxylic acids is 1. The Morgan fingerprint density at radius 3 is 2.28 bits per heavy atom. The van der Waals surface area contributed by atoms with E-state index in [9.17, 15) is 4.79 Å². The minimum Gasteiger partial charge on any atom is -0.376 e. The molecule has 0 aliphatic rings. The van der Waals surface area contributed by atoms with Crippen molar-refractivity contribution < 1.29 is 4.79 Å². The number of rotatable bonds is 8. The summed E-state index contributed by atoms with van der Waals surface area (Å²) in [4.78, 5) is 13.9. The Hall–Kier alpha value is -1.50. The van der Waals surface area contributed by atoms with Crippen molar-refractivity contribution in [3.05, 3.63) is 11.8 Å². The van der Waals surface area contributed by atoms with E-state index in [0.29, 0.717) is 0 Å². The highest BCUT2D eigenvalue weighted by molar-refractivity contribution is 5.97. The third-order valence-corrected chi connectivity index (χ3v) is 2.69. The molecule has 1 atom stereocenters. The quantitative estimate of drug-likeness (QED) is 0.532. The summed E-state index contributed by atoms with van der Waals surface area (Å²) in [6.07, 6.45) is 4.55. The number of amides is 1. The Bertz CT molecular complexity index is 311. The molecule has 1 N–H and O–H groups in total. The van der Waals surface area contributed by atoms with E-state index in [1.165, 1.54) is 0 Å². The second kappa shape index (κ2) is 9.52. The van der Waals surface area contributed by atoms with Gasteiger partial charge in [-0.2, -0.15) is 5.26 Å². The van der Waals surface area contributed by atoms with Crippen LogP contribution in [0, 0.1) is 11.3 Å². The van der Waals surface area contributed by atoms with Crippen LogP contribution in [0.3, 0.4) is 0 Å². The van der Waals surface area contributed by atoms with E-state index in [-0.39, 0.29) is 17.5 Å². The van der Waals surface area contributed by atoms with E-state index in [2.05, 4.69) is 19.2 Å². The van der Waals surface area contributed by atoms with E-state index in [1.807, 2.05) is 24.8 Å². The number of carbonyl (C=O) groups is 1. The van der Waals surface area contributed by atoms with Gasteiger partial charge in [0.05, 0.1) is 0 Å². The van der Waals surface area contributed by atoms with Gasteiger partial charge in [-0.05, 0) is 26.2 Å². The first-order valence-electron chi connectivity index (χ1n) is 6.75. The predicted molar refractivity (Wildman–Crippen MR) is 73.7 cm³/mol. The molecule has 0 saturated heterocycles. The Morgan fingerprint density at radius 2 is 1.89 bits per heavy atom. The van der Waals surface area contributed by atoms with E-state index in [0.717, 1.165) is 32.4 Å². The van der Waals surface area contributed by atoms with Crippen molar-refractivity contribution >= 4 is 5.91 Å². The number of hydrogen-bond acceptors (Lipinski definition) is 3. The van der Waals surface area contributed by atoms with Crippen molar-refractivity contribution in [2.75, 3.05) is 13.1 Å². The molecule has 18 heavy (non-hydrogen) atoms. The van der Waals surface area contributed by atoms with Gasteiger partial charge < -0.3 is 10.2 Å². The van der Waals surface area contributed by atoms with E-state index >= 15 is 0 Å². The lowest BCUT2D eigenvalue weighted by atomic mass is 10.2. The maximum Gasteiger partial charge on any atom is 0.263 e. The molecule has 0 fully saturated rings. The Balaban J connectivity index is 4.71. The fourth-order valence-electron chi connectivity index (χ4n) is 1.54. The number of hydrogen-bond donors (Lipinski definition) is 1. The lowest BCUT2D eigenvalue weighted by Gasteiger charge is -2.19. The average molecular weight is 251 g/mol. The van der Waals surface area contributed by atoms with Crippen LogP contribution in [0.15, 0.2) is 11.8 Å². The van der Waals surface area contributed by atoms with Gasteiger partial charge in [0.25, 0.3) is 5.91 Å². The molecule has 4 heteroatoms. The van der Waals surface area contributed by atoms with Gasteiger partial charge in [0.15, 0.2) is 0 Å². The lowest BCUT2D eigenvalue weighted by molar-refractivity contribution is -0.117. The highest BCUT2D eigenvalue weighted by Gasteiger charge is 2.12. The monoisotopic (exact) mass is 251 g/mol. The van der Waals surface area contributed by atoms with Gasteiger partial charge in [0.2, 0.25) is 0 Å². The highest BCUT2D eigenvalue weighted by Crippen LogP contribution is 2.02. The van der Waals surface area contributed by atoms with Crippen LogP contribution >= 0.6 is 0 Å². The van der Waals surface area contributed by atoms with Gasteiger partial charge in [-0.15, -0.1) is 0 Å². The molecule has 1 unspecified atom stereocenters. The molecule has 0 aromatic rings. The van der Waals surface area contributed by atoms with Crippen LogP contribution in [0.4, 0.5) is 0 Å². The van der Waals surface area contributed by atoms with Crippen LogP contribution in [0.25, 0.3) is 0 Å². The normalized spacial score (nSPS) is 12.7. The van der Waals surface area contributed by atoms with Crippen molar-refractivity contribution in [2.45, 2.75) is 53.0 Å². The summed E-state index contributed by atoms with van der Waals surface area (Å²) in [5.74, 6) is -0.274. The van der Waals surface area contributed by atoms with Crippen LogP contribution in [-0.2, 0) is 4.79 Å². The largest absolute Gasteiger partial charge is 0.376 e. The molecule has 0 bridgehead atoms. The van der Waals surface area contributed by atoms with Crippen LogP contribution in [0.1, 0.15) is 47.0 Å². The summed E-state index contributed by atoms with van der Waals surface area (Å²) >= 11 is 0. The topological polar surface area (TPSA) is 56.1 Å². The fourth-order valence-corrected chi connectivity index (χ4v) is 1.54. The van der Waals surface area contributed by atoms with Crippen molar-refractivity contribution in [2.24, 2.45) is 0 Å². The first-order valence-corrected chi connectivity index (χ1v) is 6.75. The Kier molecular flexibility index (Phi) is 8.73. The summed E-state index contributed by atoms with van der Waals surface area (Å²) in [5, 5.41) is 11.9. The SMILES string of the molecule is CCCN(/C=C(/C#N)C(=O)NC(C)CC)CCC. The van der Waals surface area contributed by atoms with Crippen LogP contribution < -0.4 is 5.32 Å². The van der Waals surface area contributed by atoms with Gasteiger partial charge in [-0.3, -0.25) is 4.79 Å². The minimum atomic E-state index is -0.274. The minimum absolute atomic E-state index is 0.0973. The highest BCUT2D eigenvalue weighted by atomic mass is 16.1. The molecule has 4 nitrogen and oxygen atoms in total. The summed E-state index contributed by atoms with van der Waals surface area (Å²) in [6.45, 7) is 9.85. The van der Waals surface area contributed by atoms with E-state index < -0.39 is 0 Å². The maximum atomic E-state index is 11.9. The van der Waals surface area contributed by atoms with Crippen LogP contribution in [0.2, 0.25) is 0 Å². The van der Waals surface area contributed by atoms with Crippen LogP contribution in [-0.4, -0.2) is 29.9 Å². The third kappa shape index (κ3) is 6.29. The van der Waals surface area contributed by atoms with Gasteiger partial charge >= 0.3 is 0 Å². The summed E-state index contributed by atoms with van der Waals surface area (Å²) in [7, 11) is 0. The van der Waals surface area contributed by atoms with E-state index in [1.54, 1.807) is 6.20 Å². The first kappa shape index (κ1) is 16.5. The molecule has 102 valence electrons. The Labute approximate surface area is 111 Å². The first-order chi connectivity index (χ1) is 8.58. The molecule has 0 heterocycles. The molecule has 0 spiro atoms. The summed E-state index contributed by atoms with van der Waals surface area (Å²) in [6, 6.07) is 2.08. The molecule has 0 radical (unpaired) electrons. The van der Waals surface area contributed by atoms with Gasteiger partial charge in [0.1, 0.15) is 11.6 Å². The number of nitriles is 1. The smallest absolute Gasteiger partial charge is 0.263 e. The molecule has 0 aromatic carbocycles. The van der Waals surface area contributed by atoms with Crippen molar-refractivity contribution in [1.29, 1.82) is 5.26 Å². The van der Waals surface area contributed by atoms with Crippen molar-refractivity contribution in [3.8, 4) is 6.07 Å². The predicted octanol–water partition coefficient (Wildman–Crippen LogP) is 2.43. The van der Waals surface area contributed by atoms with Gasteiger partial charge in [-0.1, -0.05) is 20.8 Å². The summed E-state index contributed by atoms with van der Waals surface area (Å²) in [5.41, 5.74) is 0.192.